The van der Waals surface area contributed by atoms with Gasteiger partial charge in [0.25, 0.3) is 0 Å². The summed E-state index contributed by atoms with van der Waals surface area (Å²) >= 11 is 0. The van der Waals surface area contributed by atoms with Crippen molar-refractivity contribution in [3.05, 3.63) is 54.1 Å². The minimum Gasteiger partial charge on any atom is -0.383 e. The molecule has 0 unspecified atom stereocenters. The van der Waals surface area contributed by atoms with Crippen LogP contribution in [-0.4, -0.2) is 14.8 Å². The van der Waals surface area contributed by atoms with E-state index in [1.165, 1.54) is 12.3 Å². The number of aryl methyl sites for hydroxylation is 2. The molecule has 0 fully saturated rings. The molecular weight excluding hydrogens is 267 g/mol. The van der Waals surface area contributed by atoms with E-state index in [-0.39, 0.29) is 0 Å². The van der Waals surface area contributed by atoms with Gasteiger partial charge in [0.1, 0.15) is 17.3 Å². The molecule has 21 heavy (non-hydrogen) atoms. The van der Waals surface area contributed by atoms with Crippen molar-refractivity contribution in [3.8, 4) is 22.4 Å². The van der Waals surface area contributed by atoms with E-state index in [9.17, 15) is 4.39 Å². The number of nitrogen functional groups attached to an aromatic ring is 1. The van der Waals surface area contributed by atoms with Crippen molar-refractivity contribution in [2.75, 3.05) is 5.73 Å². The van der Waals surface area contributed by atoms with Gasteiger partial charge in [-0.1, -0.05) is 24.3 Å². The van der Waals surface area contributed by atoms with Gasteiger partial charge in [-0.05, 0) is 24.1 Å². The average molecular weight is 282 g/mol. The molecule has 106 valence electrons. The highest BCUT2D eigenvalue weighted by molar-refractivity contribution is 5.89. The van der Waals surface area contributed by atoms with E-state index in [0.717, 1.165) is 16.7 Å². The second kappa shape index (κ2) is 5.01. The van der Waals surface area contributed by atoms with Crippen molar-refractivity contribution in [1.29, 1.82) is 0 Å². The van der Waals surface area contributed by atoms with Crippen molar-refractivity contribution in [3.63, 3.8) is 0 Å². The van der Waals surface area contributed by atoms with Crippen LogP contribution in [0.5, 0.6) is 0 Å². The van der Waals surface area contributed by atoms with Crippen molar-refractivity contribution >= 4 is 5.82 Å². The minimum absolute atomic E-state index is 0.396. The lowest BCUT2D eigenvalue weighted by atomic mass is 9.98. The van der Waals surface area contributed by atoms with Gasteiger partial charge >= 0.3 is 0 Å². The van der Waals surface area contributed by atoms with Gasteiger partial charge in [0, 0.05) is 18.8 Å². The smallest absolute Gasteiger partial charge is 0.142 e. The maximum absolute atomic E-state index is 13.4. The first-order valence-electron chi connectivity index (χ1n) is 6.57. The van der Waals surface area contributed by atoms with Crippen LogP contribution >= 0.6 is 0 Å². The summed E-state index contributed by atoms with van der Waals surface area (Å²) in [6.07, 6.45) is 2.76. The molecule has 0 saturated heterocycles. The zero-order valence-corrected chi connectivity index (χ0v) is 11.8. The third kappa shape index (κ3) is 2.27. The Kier molecular flexibility index (Phi) is 3.17. The summed E-state index contributed by atoms with van der Waals surface area (Å²) in [7, 11) is 1.77. The third-order valence-electron chi connectivity index (χ3n) is 3.48. The fraction of sp³-hybridized carbons (Fsp3) is 0.125. The Hall–Kier alpha value is -2.69. The summed E-state index contributed by atoms with van der Waals surface area (Å²) in [4.78, 5) is 3.89. The van der Waals surface area contributed by atoms with Crippen molar-refractivity contribution in [2.24, 2.45) is 7.05 Å². The molecule has 0 atom stereocenters. The van der Waals surface area contributed by atoms with Gasteiger partial charge in [-0.3, -0.25) is 9.67 Å². The predicted octanol–water partition coefficient (Wildman–Crippen LogP) is 3.18. The molecule has 0 aliphatic carbocycles. The number of nitrogens with zero attached hydrogens (tertiary/aromatic N) is 3. The van der Waals surface area contributed by atoms with Gasteiger partial charge in [0.2, 0.25) is 0 Å². The Morgan fingerprint density at radius 1 is 1.19 bits per heavy atom. The minimum atomic E-state index is -0.396. The van der Waals surface area contributed by atoms with Crippen molar-refractivity contribution in [2.45, 2.75) is 6.92 Å². The summed E-state index contributed by atoms with van der Waals surface area (Å²) in [5, 5.41) is 4.42. The number of nitrogens with two attached hydrogens (primary N) is 1. The van der Waals surface area contributed by atoms with Crippen LogP contribution in [0.2, 0.25) is 0 Å². The van der Waals surface area contributed by atoms with Gasteiger partial charge in [0.15, 0.2) is 0 Å². The van der Waals surface area contributed by atoms with E-state index in [0.29, 0.717) is 17.1 Å². The Morgan fingerprint density at radius 3 is 2.67 bits per heavy atom. The van der Waals surface area contributed by atoms with Crippen LogP contribution in [0, 0.1) is 12.7 Å². The number of anilines is 1. The molecule has 0 amide bonds. The second-order valence-electron chi connectivity index (χ2n) is 4.94. The van der Waals surface area contributed by atoms with Crippen LogP contribution in [0.3, 0.4) is 0 Å². The first-order valence-corrected chi connectivity index (χ1v) is 6.57. The highest BCUT2D eigenvalue weighted by atomic mass is 19.1. The van der Waals surface area contributed by atoms with Crippen LogP contribution < -0.4 is 5.73 Å². The lowest BCUT2D eigenvalue weighted by Crippen LogP contribution is -1.98. The fourth-order valence-electron chi connectivity index (χ4n) is 2.40. The Labute approximate surface area is 122 Å². The zero-order valence-electron chi connectivity index (χ0n) is 11.8. The summed E-state index contributed by atoms with van der Waals surface area (Å²) in [5.41, 5.74) is 10.3. The highest BCUT2D eigenvalue weighted by Gasteiger charge is 2.19. The first kappa shape index (κ1) is 13.3. The standard InChI is InChI=1S/C16H15FN4/c1-10-5-3-4-6-13(10)14-15(20-21(2)16(14)18)11-7-12(17)9-19-8-11/h3-9H,18H2,1-2H3. The molecule has 0 spiro atoms. The molecule has 2 aromatic heterocycles. The molecule has 2 N–H and O–H groups in total. The Balaban J connectivity index is 2.29. The maximum Gasteiger partial charge on any atom is 0.142 e. The number of aromatic nitrogens is 3. The molecular formula is C16H15FN4. The Morgan fingerprint density at radius 2 is 1.95 bits per heavy atom. The highest BCUT2D eigenvalue weighted by Crippen LogP contribution is 2.37. The largest absolute Gasteiger partial charge is 0.383 e. The van der Waals surface area contributed by atoms with Crippen LogP contribution in [-0.2, 0) is 7.05 Å². The van der Waals surface area contributed by atoms with E-state index in [2.05, 4.69) is 10.1 Å². The molecule has 5 heteroatoms. The molecule has 3 rings (SSSR count). The van der Waals surface area contributed by atoms with Crippen molar-refractivity contribution < 1.29 is 4.39 Å². The molecule has 0 radical (unpaired) electrons. The number of rotatable bonds is 2. The summed E-state index contributed by atoms with van der Waals surface area (Å²) in [6.45, 7) is 2.01. The molecule has 0 aliphatic rings. The van der Waals surface area contributed by atoms with E-state index in [4.69, 9.17) is 5.73 Å². The molecule has 0 saturated carbocycles. The lowest BCUT2D eigenvalue weighted by molar-refractivity contribution is 0.622. The normalized spacial score (nSPS) is 10.8. The van der Waals surface area contributed by atoms with Crippen LogP contribution in [0.4, 0.5) is 10.2 Å². The number of pyridine rings is 1. The maximum atomic E-state index is 13.4. The van der Waals surface area contributed by atoms with E-state index in [1.54, 1.807) is 17.9 Å². The third-order valence-corrected chi connectivity index (χ3v) is 3.48. The molecule has 1 aromatic carbocycles. The van der Waals surface area contributed by atoms with E-state index in [1.807, 2.05) is 31.2 Å². The SMILES string of the molecule is Cc1ccccc1-c1c(-c2cncc(F)c2)nn(C)c1N. The van der Waals surface area contributed by atoms with Gasteiger partial charge in [-0.25, -0.2) is 4.39 Å². The summed E-state index contributed by atoms with van der Waals surface area (Å²) < 4.78 is 15.0. The number of hydrogen-bond acceptors (Lipinski definition) is 3. The summed E-state index contributed by atoms with van der Waals surface area (Å²) in [6, 6.07) is 9.32. The summed E-state index contributed by atoms with van der Waals surface area (Å²) in [5.74, 6) is 0.149. The monoisotopic (exact) mass is 282 g/mol. The van der Waals surface area contributed by atoms with Gasteiger partial charge in [-0.15, -0.1) is 0 Å². The molecule has 2 heterocycles. The first-order chi connectivity index (χ1) is 10.1. The van der Waals surface area contributed by atoms with E-state index < -0.39 is 5.82 Å². The van der Waals surface area contributed by atoms with Crippen LogP contribution in [0.1, 0.15) is 5.56 Å². The zero-order chi connectivity index (χ0) is 15.0. The molecule has 0 aliphatic heterocycles. The van der Waals surface area contributed by atoms with Gasteiger partial charge in [-0.2, -0.15) is 5.10 Å². The number of benzene rings is 1. The Bertz CT molecular complexity index is 808. The number of halogens is 1. The second-order valence-corrected chi connectivity index (χ2v) is 4.94. The van der Waals surface area contributed by atoms with Gasteiger partial charge < -0.3 is 5.73 Å². The average Bonchev–Trinajstić information content (AvgIpc) is 2.76. The van der Waals surface area contributed by atoms with Crippen LogP contribution in [0.25, 0.3) is 22.4 Å². The van der Waals surface area contributed by atoms with E-state index >= 15 is 0 Å². The lowest BCUT2D eigenvalue weighted by Gasteiger charge is -2.07. The number of hydrogen-bond donors (Lipinski definition) is 1. The molecule has 0 bridgehead atoms. The molecule has 3 aromatic rings. The molecule has 4 nitrogen and oxygen atoms in total. The fourth-order valence-corrected chi connectivity index (χ4v) is 2.40. The van der Waals surface area contributed by atoms with Gasteiger partial charge in [0.05, 0.1) is 11.8 Å². The van der Waals surface area contributed by atoms with Crippen LogP contribution in [0.15, 0.2) is 42.7 Å². The topological polar surface area (TPSA) is 56.7 Å². The quantitative estimate of drug-likeness (QED) is 0.785. The van der Waals surface area contributed by atoms with Crippen molar-refractivity contribution in [1.82, 2.24) is 14.8 Å². The predicted molar refractivity (Wildman–Crippen MR) is 81.0 cm³/mol.